The first-order chi connectivity index (χ1) is 13.3. The van der Waals surface area contributed by atoms with E-state index in [4.69, 9.17) is 14.2 Å². The van der Waals surface area contributed by atoms with E-state index >= 15 is 0 Å². The van der Waals surface area contributed by atoms with Crippen LogP contribution in [0.15, 0.2) is 12.2 Å². The quantitative estimate of drug-likeness (QED) is 0.119. The Bertz CT molecular complexity index is 377. The molecule has 0 N–H and O–H groups in total. The molecule has 4 heteroatoms. The van der Waals surface area contributed by atoms with Crippen molar-refractivity contribution in [2.24, 2.45) is 0 Å². The van der Waals surface area contributed by atoms with Crippen LogP contribution in [0.3, 0.4) is 0 Å². The van der Waals surface area contributed by atoms with Crippen molar-refractivity contribution in [1.29, 1.82) is 0 Å². The number of ether oxygens (including phenoxy) is 3. The van der Waals surface area contributed by atoms with E-state index in [1.165, 1.54) is 44.9 Å². The van der Waals surface area contributed by atoms with Gasteiger partial charge in [-0.25, -0.2) is 0 Å². The van der Waals surface area contributed by atoms with E-state index in [2.05, 4.69) is 19.1 Å². The number of rotatable bonds is 19. The van der Waals surface area contributed by atoms with Gasteiger partial charge in [0.1, 0.15) is 6.10 Å². The summed E-state index contributed by atoms with van der Waals surface area (Å²) in [7, 11) is 0. The summed E-state index contributed by atoms with van der Waals surface area (Å²) in [6, 6.07) is 0. The fourth-order valence-corrected chi connectivity index (χ4v) is 3.14. The molecule has 1 aliphatic rings. The Morgan fingerprint density at radius 1 is 1.04 bits per heavy atom. The monoisotopic (exact) mass is 382 g/mol. The number of hydrogen-bond donors (Lipinski definition) is 0. The van der Waals surface area contributed by atoms with Crippen molar-refractivity contribution in [3.05, 3.63) is 12.2 Å². The van der Waals surface area contributed by atoms with Gasteiger partial charge in [0.2, 0.25) is 0 Å². The highest BCUT2D eigenvalue weighted by Gasteiger charge is 2.23. The zero-order chi connectivity index (χ0) is 19.6. The van der Waals surface area contributed by atoms with E-state index in [1.807, 2.05) is 6.92 Å². The first-order valence-electron chi connectivity index (χ1n) is 11.3. The minimum atomic E-state index is -0.0554. The SMILES string of the molecule is CCCCCCC(C/C=C/CCCCCCCC(=O)OCC)OCC1CO1. The van der Waals surface area contributed by atoms with Gasteiger partial charge in [-0.15, -0.1) is 0 Å². The number of carbonyl (C=O) groups is 1. The van der Waals surface area contributed by atoms with Crippen molar-refractivity contribution in [1.82, 2.24) is 0 Å². The van der Waals surface area contributed by atoms with Crippen molar-refractivity contribution in [3.63, 3.8) is 0 Å². The lowest BCUT2D eigenvalue weighted by Gasteiger charge is -2.15. The average molecular weight is 383 g/mol. The number of epoxide rings is 1. The van der Waals surface area contributed by atoms with Crippen LogP contribution in [0.4, 0.5) is 0 Å². The summed E-state index contributed by atoms with van der Waals surface area (Å²) in [6.07, 6.45) is 20.2. The molecule has 0 radical (unpaired) electrons. The number of hydrogen-bond acceptors (Lipinski definition) is 4. The lowest BCUT2D eigenvalue weighted by atomic mass is 10.1. The number of esters is 1. The maximum Gasteiger partial charge on any atom is 0.305 e. The predicted molar refractivity (Wildman–Crippen MR) is 111 cm³/mol. The minimum Gasteiger partial charge on any atom is -0.466 e. The smallest absolute Gasteiger partial charge is 0.305 e. The van der Waals surface area contributed by atoms with E-state index in [9.17, 15) is 4.79 Å². The van der Waals surface area contributed by atoms with Gasteiger partial charge in [0.25, 0.3) is 0 Å². The van der Waals surface area contributed by atoms with Gasteiger partial charge >= 0.3 is 5.97 Å². The zero-order valence-corrected chi connectivity index (χ0v) is 17.8. The van der Waals surface area contributed by atoms with E-state index < -0.39 is 0 Å². The third-order valence-corrected chi connectivity index (χ3v) is 4.92. The maximum absolute atomic E-state index is 11.2. The molecular formula is C23H42O4. The molecule has 0 aromatic rings. The lowest BCUT2D eigenvalue weighted by Crippen LogP contribution is -2.15. The third-order valence-electron chi connectivity index (χ3n) is 4.92. The Kier molecular flexibility index (Phi) is 15.4. The zero-order valence-electron chi connectivity index (χ0n) is 17.8. The Labute approximate surface area is 167 Å². The Morgan fingerprint density at radius 3 is 2.52 bits per heavy atom. The largest absolute Gasteiger partial charge is 0.466 e. The molecule has 1 rings (SSSR count). The van der Waals surface area contributed by atoms with Crippen molar-refractivity contribution >= 4 is 5.97 Å². The molecule has 0 saturated carbocycles. The molecule has 1 fully saturated rings. The van der Waals surface area contributed by atoms with E-state index in [-0.39, 0.29) is 5.97 Å². The number of carbonyl (C=O) groups excluding carboxylic acids is 1. The van der Waals surface area contributed by atoms with Crippen molar-refractivity contribution in [2.75, 3.05) is 19.8 Å². The van der Waals surface area contributed by atoms with Gasteiger partial charge in [-0.05, 0) is 39.0 Å². The normalized spacial score (nSPS) is 17.3. The molecule has 0 spiro atoms. The number of unbranched alkanes of at least 4 members (excludes halogenated alkanes) is 8. The molecule has 27 heavy (non-hydrogen) atoms. The maximum atomic E-state index is 11.2. The fourth-order valence-electron chi connectivity index (χ4n) is 3.14. The Hall–Kier alpha value is -0.870. The summed E-state index contributed by atoms with van der Waals surface area (Å²) in [5.41, 5.74) is 0. The fraction of sp³-hybridized carbons (Fsp3) is 0.870. The molecule has 4 nitrogen and oxygen atoms in total. The Morgan fingerprint density at radius 2 is 1.78 bits per heavy atom. The summed E-state index contributed by atoms with van der Waals surface area (Å²) in [5.74, 6) is -0.0554. The van der Waals surface area contributed by atoms with Gasteiger partial charge in [0, 0.05) is 6.42 Å². The van der Waals surface area contributed by atoms with Gasteiger partial charge in [-0.3, -0.25) is 4.79 Å². The predicted octanol–water partition coefficient (Wildman–Crippen LogP) is 5.98. The molecule has 2 unspecified atom stereocenters. The summed E-state index contributed by atoms with van der Waals surface area (Å²) in [4.78, 5) is 11.2. The lowest BCUT2D eigenvalue weighted by molar-refractivity contribution is -0.143. The molecule has 0 amide bonds. The summed E-state index contributed by atoms with van der Waals surface area (Å²) in [5, 5.41) is 0. The second-order valence-electron chi connectivity index (χ2n) is 7.58. The molecule has 0 aliphatic carbocycles. The summed E-state index contributed by atoms with van der Waals surface area (Å²) in [6.45, 7) is 6.23. The standard InChI is InChI=1S/C23H42O4/c1-3-5-6-13-16-21(26-19-22-20-27-22)17-14-11-9-7-8-10-12-15-18-23(24)25-4-2/h11,14,21-22H,3-10,12-13,15-20H2,1-2H3/b14-11+. The molecule has 0 aromatic heterocycles. The minimum absolute atomic E-state index is 0.0554. The molecule has 0 bridgehead atoms. The molecule has 2 atom stereocenters. The second kappa shape index (κ2) is 17.2. The van der Waals surface area contributed by atoms with Gasteiger partial charge in [0.15, 0.2) is 0 Å². The highest BCUT2D eigenvalue weighted by atomic mass is 16.6. The van der Waals surface area contributed by atoms with Crippen LogP contribution in [-0.4, -0.2) is 38.0 Å². The highest BCUT2D eigenvalue weighted by Crippen LogP contribution is 2.16. The first-order valence-corrected chi connectivity index (χ1v) is 11.3. The highest BCUT2D eigenvalue weighted by molar-refractivity contribution is 5.69. The van der Waals surface area contributed by atoms with Crippen molar-refractivity contribution in [3.8, 4) is 0 Å². The first kappa shape index (κ1) is 24.2. The number of allylic oxidation sites excluding steroid dienone is 1. The van der Waals surface area contributed by atoms with Crippen LogP contribution < -0.4 is 0 Å². The van der Waals surface area contributed by atoms with Crippen molar-refractivity contribution in [2.45, 2.75) is 110 Å². The molecule has 1 saturated heterocycles. The Balaban J connectivity index is 1.99. The average Bonchev–Trinajstić information content (AvgIpc) is 3.48. The van der Waals surface area contributed by atoms with E-state index in [0.717, 1.165) is 45.3 Å². The third kappa shape index (κ3) is 15.8. The molecule has 158 valence electrons. The van der Waals surface area contributed by atoms with Crippen LogP contribution in [-0.2, 0) is 19.0 Å². The van der Waals surface area contributed by atoms with Gasteiger partial charge in [-0.1, -0.05) is 64.0 Å². The summed E-state index contributed by atoms with van der Waals surface area (Å²) >= 11 is 0. The topological polar surface area (TPSA) is 48.1 Å². The van der Waals surface area contributed by atoms with Crippen LogP contribution in [0.5, 0.6) is 0 Å². The molecule has 1 aliphatic heterocycles. The molecular weight excluding hydrogens is 340 g/mol. The van der Waals surface area contributed by atoms with Crippen LogP contribution >= 0.6 is 0 Å². The van der Waals surface area contributed by atoms with Gasteiger partial charge in [0.05, 0.1) is 25.9 Å². The van der Waals surface area contributed by atoms with Crippen molar-refractivity contribution < 1.29 is 19.0 Å². The van der Waals surface area contributed by atoms with Gasteiger partial charge in [-0.2, -0.15) is 0 Å². The van der Waals surface area contributed by atoms with Gasteiger partial charge < -0.3 is 14.2 Å². The van der Waals surface area contributed by atoms with Crippen LogP contribution in [0.2, 0.25) is 0 Å². The van der Waals surface area contributed by atoms with E-state index in [0.29, 0.717) is 25.2 Å². The molecule has 0 aromatic carbocycles. The van der Waals surface area contributed by atoms with Crippen LogP contribution in [0.25, 0.3) is 0 Å². The van der Waals surface area contributed by atoms with E-state index in [1.54, 1.807) is 0 Å². The molecule has 1 heterocycles. The van der Waals surface area contributed by atoms with Crippen LogP contribution in [0, 0.1) is 0 Å². The van der Waals surface area contributed by atoms with Crippen LogP contribution in [0.1, 0.15) is 97.3 Å². The summed E-state index contributed by atoms with van der Waals surface area (Å²) < 4.78 is 16.2. The second-order valence-corrected chi connectivity index (χ2v) is 7.58.